The second kappa shape index (κ2) is 3.89. The minimum absolute atomic E-state index is 0.410. The number of aliphatic carboxylic acids is 1. The number of rotatable bonds is 2. The quantitative estimate of drug-likeness (QED) is 0.835. The molecule has 2 atom stereocenters. The van der Waals surface area contributed by atoms with Crippen LogP contribution in [0.3, 0.4) is 0 Å². The van der Waals surface area contributed by atoms with Crippen molar-refractivity contribution in [3.05, 3.63) is 29.3 Å². The number of carbonyl (C=O) groups is 1. The highest BCUT2D eigenvalue weighted by molar-refractivity contribution is 7.99. The standard InChI is InChI=1S/C12H14O2S/c1-7-6-15-11-5-9(3-4-10(7)11)8(2)12(13)14/h3-5,7-8H,6H2,1-2H3,(H,13,14). The van der Waals surface area contributed by atoms with Gasteiger partial charge in [-0.3, -0.25) is 4.79 Å². The van der Waals surface area contributed by atoms with Crippen molar-refractivity contribution >= 4 is 17.7 Å². The van der Waals surface area contributed by atoms with Gasteiger partial charge >= 0.3 is 5.97 Å². The molecule has 2 nitrogen and oxygen atoms in total. The Morgan fingerprint density at radius 1 is 1.60 bits per heavy atom. The highest BCUT2D eigenvalue weighted by Gasteiger charge is 2.21. The summed E-state index contributed by atoms with van der Waals surface area (Å²) in [6, 6.07) is 6.05. The van der Waals surface area contributed by atoms with Crippen molar-refractivity contribution < 1.29 is 9.90 Å². The Labute approximate surface area is 93.7 Å². The van der Waals surface area contributed by atoms with E-state index in [4.69, 9.17) is 5.11 Å². The molecule has 0 fully saturated rings. The van der Waals surface area contributed by atoms with Gasteiger partial charge in [0.1, 0.15) is 0 Å². The van der Waals surface area contributed by atoms with Crippen LogP contribution in [-0.2, 0) is 4.79 Å². The SMILES string of the molecule is CC1CSc2cc(C(C)C(=O)O)ccc21. The second-order valence-electron chi connectivity index (χ2n) is 4.07. The highest BCUT2D eigenvalue weighted by atomic mass is 32.2. The van der Waals surface area contributed by atoms with E-state index in [9.17, 15) is 4.79 Å². The summed E-state index contributed by atoms with van der Waals surface area (Å²) >= 11 is 1.83. The van der Waals surface area contributed by atoms with Crippen LogP contribution in [0.2, 0.25) is 0 Å². The van der Waals surface area contributed by atoms with Crippen LogP contribution in [0.25, 0.3) is 0 Å². The van der Waals surface area contributed by atoms with E-state index in [1.165, 1.54) is 10.5 Å². The zero-order chi connectivity index (χ0) is 11.0. The van der Waals surface area contributed by atoms with E-state index in [0.717, 1.165) is 11.3 Å². The van der Waals surface area contributed by atoms with E-state index in [-0.39, 0.29) is 0 Å². The maximum atomic E-state index is 10.9. The summed E-state index contributed by atoms with van der Waals surface area (Å²) in [5, 5.41) is 8.93. The minimum atomic E-state index is -0.758. The van der Waals surface area contributed by atoms with E-state index in [1.54, 1.807) is 6.92 Å². The first-order valence-electron chi connectivity index (χ1n) is 5.09. The molecule has 0 spiro atoms. The average molecular weight is 222 g/mol. The fourth-order valence-electron chi connectivity index (χ4n) is 1.80. The Bertz CT molecular complexity index is 401. The smallest absolute Gasteiger partial charge is 0.310 e. The van der Waals surface area contributed by atoms with Gasteiger partial charge in [0.2, 0.25) is 0 Å². The van der Waals surface area contributed by atoms with Crippen LogP contribution in [0.4, 0.5) is 0 Å². The van der Waals surface area contributed by atoms with Crippen LogP contribution >= 0.6 is 11.8 Å². The Morgan fingerprint density at radius 2 is 2.33 bits per heavy atom. The van der Waals surface area contributed by atoms with Gasteiger partial charge in [-0.05, 0) is 30.0 Å². The van der Waals surface area contributed by atoms with Crippen molar-refractivity contribution in [3.63, 3.8) is 0 Å². The van der Waals surface area contributed by atoms with Crippen LogP contribution in [0, 0.1) is 0 Å². The maximum Gasteiger partial charge on any atom is 0.310 e. The summed E-state index contributed by atoms with van der Waals surface area (Å²) in [5.74, 6) is 0.539. The second-order valence-corrected chi connectivity index (χ2v) is 5.13. The first-order valence-corrected chi connectivity index (χ1v) is 6.07. The van der Waals surface area contributed by atoms with E-state index >= 15 is 0 Å². The van der Waals surface area contributed by atoms with E-state index in [2.05, 4.69) is 13.0 Å². The summed E-state index contributed by atoms with van der Waals surface area (Å²) in [7, 11) is 0. The van der Waals surface area contributed by atoms with Gasteiger partial charge in [-0.15, -0.1) is 11.8 Å². The molecule has 0 aromatic heterocycles. The molecular formula is C12H14O2S. The molecule has 80 valence electrons. The fraction of sp³-hybridized carbons (Fsp3) is 0.417. The first-order chi connectivity index (χ1) is 7.09. The van der Waals surface area contributed by atoms with Gasteiger partial charge in [0.05, 0.1) is 5.92 Å². The van der Waals surface area contributed by atoms with Crippen LogP contribution in [0.5, 0.6) is 0 Å². The third-order valence-corrected chi connectivity index (χ3v) is 4.26. The summed E-state index contributed by atoms with van der Waals surface area (Å²) in [4.78, 5) is 12.1. The van der Waals surface area contributed by atoms with Crippen molar-refractivity contribution in [2.45, 2.75) is 30.6 Å². The van der Waals surface area contributed by atoms with Crippen molar-refractivity contribution in [1.82, 2.24) is 0 Å². The van der Waals surface area contributed by atoms with Gasteiger partial charge in [0, 0.05) is 10.6 Å². The lowest BCUT2D eigenvalue weighted by Gasteiger charge is -2.09. The van der Waals surface area contributed by atoms with Gasteiger partial charge in [-0.2, -0.15) is 0 Å². The topological polar surface area (TPSA) is 37.3 Å². The number of benzene rings is 1. The average Bonchev–Trinajstić information content (AvgIpc) is 2.59. The molecule has 1 heterocycles. The van der Waals surface area contributed by atoms with Crippen LogP contribution < -0.4 is 0 Å². The van der Waals surface area contributed by atoms with Crippen molar-refractivity contribution in [1.29, 1.82) is 0 Å². The van der Waals surface area contributed by atoms with Crippen LogP contribution in [0.15, 0.2) is 23.1 Å². The van der Waals surface area contributed by atoms with Crippen molar-refractivity contribution in [3.8, 4) is 0 Å². The van der Waals surface area contributed by atoms with Crippen molar-refractivity contribution in [2.24, 2.45) is 0 Å². The largest absolute Gasteiger partial charge is 0.481 e. The van der Waals surface area contributed by atoms with Crippen molar-refractivity contribution in [2.75, 3.05) is 5.75 Å². The molecule has 1 aromatic carbocycles. The molecule has 0 saturated heterocycles. The molecule has 1 aliphatic rings. The zero-order valence-electron chi connectivity index (χ0n) is 8.86. The lowest BCUT2D eigenvalue weighted by atomic mass is 9.96. The first kappa shape index (κ1) is 10.6. The van der Waals surface area contributed by atoms with Crippen LogP contribution in [-0.4, -0.2) is 16.8 Å². The molecule has 3 heteroatoms. The lowest BCUT2D eigenvalue weighted by Crippen LogP contribution is -2.07. The summed E-state index contributed by atoms with van der Waals surface area (Å²) in [6.45, 7) is 3.94. The normalized spacial score (nSPS) is 21.1. The summed E-state index contributed by atoms with van der Waals surface area (Å²) < 4.78 is 0. The molecular weight excluding hydrogens is 208 g/mol. The number of hydrogen-bond donors (Lipinski definition) is 1. The monoisotopic (exact) mass is 222 g/mol. The number of carboxylic acids is 1. The highest BCUT2D eigenvalue weighted by Crippen LogP contribution is 2.40. The molecule has 0 amide bonds. The molecule has 1 aliphatic heterocycles. The van der Waals surface area contributed by atoms with Gasteiger partial charge in [0.25, 0.3) is 0 Å². The predicted molar refractivity (Wildman–Crippen MR) is 61.6 cm³/mol. The number of thioether (sulfide) groups is 1. The zero-order valence-corrected chi connectivity index (χ0v) is 9.67. The van der Waals surface area contributed by atoms with Gasteiger partial charge in [-0.1, -0.05) is 19.1 Å². The Morgan fingerprint density at radius 3 is 3.00 bits per heavy atom. The Balaban J connectivity index is 2.34. The maximum absolute atomic E-state index is 10.9. The minimum Gasteiger partial charge on any atom is -0.481 e. The molecule has 1 aromatic rings. The van der Waals surface area contributed by atoms with E-state index in [1.807, 2.05) is 23.9 Å². The van der Waals surface area contributed by atoms with Crippen LogP contribution in [0.1, 0.15) is 36.8 Å². The molecule has 0 saturated carbocycles. The van der Waals surface area contributed by atoms with E-state index in [0.29, 0.717) is 5.92 Å². The number of hydrogen-bond acceptors (Lipinski definition) is 2. The molecule has 0 aliphatic carbocycles. The fourth-order valence-corrected chi connectivity index (χ4v) is 3.06. The summed E-state index contributed by atoms with van der Waals surface area (Å²) in [6.07, 6.45) is 0. The molecule has 0 radical (unpaired) electrons. The van der Waals surface area contributed by atoms with Gasteiger partial charge < -0.3 is 5.11 Å². The Hall–Kier alpha value is -0.960. The van der Waals surface area contributed by atoms with Gasteiger partial charge in [-0.25, -0.2) is 0 Å². The number of carboxylic acid groups (broad SMARTS) is 1. The lowest BCUT2D eigenvalue weighted by molar-refractivity contribution is -0.138. The molecule has 2 rings (SSSR count). The van der Waals surface area contributed by atoms with Gasteiger partial charge in [0.15, 0.2) is 0 Å². The molecule has 15 heavy (non-hydrogen) atoms. The molecule has 1 N–H and O–H groups in total. The Kier molecular flexibility index (Phi) is 2.74. The predicted octanol–water partition coefficient (Wildman–Crippen LogP) is 3.08. The third-order valence-electron chi connectivity index (χ3n) is 2.93. The molecule has 2 unspecified atom stereocenters. The van der Waals surface area contributed by atoms with E-state index < -0.39 is 11.9 Å². The number of fused-ring (bicyclic) bond motifs is 1. The summed E-state index contributed by atoms with van der Waals surface area (Å²) in [5.41, 5.74) is 2.27. The third kappa shape index (κ3) is 1.88. The molecule has 0 bridgehead atoms.